The topological polar surface area (TPSA) is 99.5 Å². The van der Waals surface area contributed by atoms with Crippen LogP contribution in [0.3, 0.4) is 0 Å². The van der Waals surface area contributed by atoms with Crippen molar-refractivity contribution >= 4 is 17.6 Å². The van der Waals surface area contributed by atoms with Crippen molar-refractivity contribution < 1.29 is 19.8 Å². The third-order valence-corrected chi connectivity index (χ3v) is 2.84. The minimum absolute atomic E-state index is 0.0516. The van der Waals surface area contributed by atoms with Gasteiger partial charge in [0.25, 0.3) is 0 Å². The zero-order valence-electron chi connectivity index (χ0n) is 9.01. The number of pyridine rings is 1. The number of carboxylic acids is 2. The van der Waals surface area contributed by atoms with Gasteiger partial charge in [-0.1, -0.05) is 0 Å². The van der Waals surface area contributed by atoms with Crippen molar-refractivity contribution in [3.8, 4) is 0 Å². The van der Waals surface area contributed by atoms with Crippen molar-refractivity contribution in [3.63, 3.8) is 0 Å². The van der Waals surface area contributed by atoms with Gasteiger partial charge in [0, 0.05) is 12.2 Å². The largest absolute Gasteiger partial charge is 0.478 e. The number of rotatable bonds is 4. The van der Waals surface area contributed by atoms with Crippen LogP contribution >= 0.6 is 0 Å². The van der Waals surface area contributed by atoms with E-state index in [9.17, 15) is 9.59 Å². The molecule has 1 aromatic heterocycles. The van der Waals surface area contributed by atoms with Crippen LogP contribution in [0.2, 0.25) is 0 Å². The molecule has 17 heavy (non-hydrogen) atoms. The molecule has 0 saturated heterocycles. The Bertz CT molecular complexity index is 436. The summed E-state index contributed by atoms with van der Waals surface area (Å²) in [5.41, 5.74) is -0.182. The summed E-state index contributed by atoms with van der Waals surface area (Å²) in [5, 5.41) is 20.9. The van der Waals surface area contributed by atoms with Crippen molar-refractivity contribution in [2.24, 2.45) is 0 Å². The van der Waals surface area contributed by atoms with Gasteiger partial charge in [0.2, 0.25) is 0 Å². The first-order valence-corrected chi connectivity index (χ1v) is 5.31. The van der Waals surface area contributed by atoms with Gasteiger partial charge in [0.05, 0.1) is 11.3 Å². The highest BCUT2D eigenvalue weighted by Crippen LogP contribution is 2.27. The number of nitrogens with zero attached hydrogens (tertiary/aromatic N) is 1. The summed E-state index contributed by atoms with van der Waals surface area (Å²) in [7, 11) is 0. The van der Waals surface area contributed by atoms with Crippen molar-refractivity contribution in [2.45, 2.75) is 25.3 Å². The summed E-state index contributed by atoms with van der Waals surface area (Å²) >= 11 is 0. The maximum atomic E-state index is 11.0. The lowest BCUT2D eigenvalue weighted by atomic mass is 9.92. The molecule has 0 spiro atoms. The number of aromatic nitrogens is 1. The van der Waals surface area contributed by atoms with E-state index in [2.05, 4.69) is 10.3 Å². The second-order valence-electron chi connectivity index (χ2n) is 3.96. The summed E-state index contributed by atoms with van der Waals surface area (Å²) in [5.74, 6) is -2.38. The zero-order valence-corrected chi connectivity index (χ0v) is 9.01. The van der Waals surface area contributed by atoms with Crippen LogP contribution in [-0.4, -0.2) is 33.2 Å². The van der Waals surface area contributed by atoms with Crippen LogP contribution in [0, 0.1) is 0 Å². The predicted octanol–water partition coefficient (Wildman–Crippen LogP) is 1.44. The molecular weight excluding hydrogens is 224 g/mol. The molecule has 1 aliphatic carbocycles. The van der Waals surface area contributed by atoms with E-state index < -0.39 is 11.9 Å². The van der Waals surface area contributed by atoms with E-state index in [1.54, 1.807) is 0 Å². The number of carboxylic acid groups (broad SMARTS) is 2. The maximum absolute atomic E-state index is 11.0. The van der Waals surface area contributed by atoms with Crippen LogP contribution in [0.1, 0.15) is 40.1 Å². The first-order valence-electron chi connectivity index (χ1n) is 5.31. The van der Waals surface area contributed by atoms with Crippen LogP contribution in [0.15, 0.2) is 12.3 Å². The molecule has 0 atom stereocenters. The second kappa shape index (κ2) is 4.40. The predicted molar refractivity (Wildman–Crippen MR) is 59.4 cm³/mol. The molecule has 0 aromatic carbocycles. The monoisotopic (exact) mass is 236 g/mol. The molecule has 1 heterocycles. The van der Waals surface area contributed by atoms with Crippen LogP contribution < -0.4 is 5.32 Å². The Labute approximate surface area is 97.3 Å². The molecular formula is C11H12N2O4. The fourth-order valence-electron chi connectivity index (χ4n) is 1.70. The highest BCUT2D eigenvalue weighted by atomic mass is 16.4. The molecule has 0 aliphatic heterocycles. The van der Waals surface area contributed by atoms with E-state index in [1.807, 2.05) is 0 Å². The lowest BCUT2D eigenvalue weighted by molar-refractivity contribution is 0.0691. The summed E-state index contributed by atoms with van der Waals surface area (Å²) in [6.07, 6.45) is 4.11. The van der Waals surface area contributed by atoms with Gasteiger partial charge in [-0.3, -0.25) is 0 Å². The zero-order chi connectivity index (χ0) is 12.4. The van der Waals surface area contributed by atoms with Crippen LogP contribution in [0.5, 0.6) is 0 Å². The maximum Gasteiger partial charge on any atom is 0.356 e. The van der Waals surface area contributed by atoms with Gasteiger partial charge in [0.15, 0.2) is 5.69 Å². The molecule has 1 aromatic rings. The van der Waals surface area contributed by atoms with E-state index in [4.69, 9.17) is 10.2 Å². The van der Waals surface area contributed by atoms with Crippen molar-refractivity contribution in [1.29, 1.82) is 0 Å². The molecule has 3 N–H and O–H groups in total. The molecule has 1 saturated carbocycles. The fourth-order valence-corrected chi connectivity index (χ4v) is 1.70. The van der Waals surface area contributed by atoms with Gasteiger partial charge >= 0.3 is 11.9 Å². The Balaban J connectivity index is 2.41. The molecule has 0 amide bonds. The van der Waals surface area contributed by atoms with Crippen LogP contribution in [0.4, 0.5) is 5.69 Å². The minimum atomic E-state index is -1.23. The smallest absolute Gasteiger partial charge is 0.356 e. The SMILES string of the molecule is O=C(O)c1ccnc(C(=O)O)c1NC1CCC1. The van der Waals surface area contributed by atoms with Crippen LogP contribution in [-0.2, 0) is 0 Å². The Morgan fingerprint density at radius 3 is 2.47 bits per heavy atom. The average Bonchev–Trinajstić information content (AvgIpc) is 2.22. The lowest BCUT2D eigenvalue weighted by Gasteiger charge is -2.28. The van der Waals surface area contributed by atoms with Gasteiger partial charge in [-0.05, 0) is 25.3 Å². The number of anilines is 1. The van der Waals surface area contributed by atoms with Crippen molar-refractivity contribution in [2.75, 3.05) is 5.32 Å². The Morgan fingerprint density at radius 1 is 1.29 bits per heavy atom. The number of nitrogens with one attached hydrogen (secondary N) is 1. The molecule has 0 bridgehead atoms. The molecule has 6 nitrogen and oxygen atoms in total. The lowest BCUT2D eigenvalue weighted by Crippen LogP contribution is -2.29. The van der Waals surface area contributed by atoms with Gasteiger partial charge < -0.3 is 15.5 Å². The Morgan fingerprint density at radius 2 is 2.00 bits per heavy atom. The number of hydrogen-bond donors (Lipinski definition) is 3. The fraction of sp³-hybridized carbons (Fsp3) is 0.364. The number of aromatic carboxylic acids is 2. The van der Waals surface area contributed by atoms with Gasteiger partial charge in [0.1, 0.15) is 0 Å². The highest BCUT2D eigenvalue weighted by molar-refractivity contribution is 6.01. The third-order valence-electron chi connectivity index (χ3n) is 2.84. The normalized spacial score (nSPS) is 15.1. The van der Waals surface area contributed by atoms with Gasteiger partial charge in [-0.2, -0.15) is 0 Å². The van der Waals surface area contributed by atoms with Gasteiger partial charge in [-0.25, -0.2) is 14.6 Å². The molecule has 0 unspecified atom stereocenters. The molecule has 6 heteroatoms. The number of hydrogen-bond acceptors (Lipinski definition) is 4. The third kappa shape index (κ3) is 2.20. The summed E-state index contributed by atoms with van der Waals surface area (Å²) in [4.78, 5) is 25.7. The summed E-state index contributed by atoms with van der Waals surface area (Å²) < 4.78 is 0. The summed E-state index contributed by atoms with van der Waals surface area (Å²) in [6, 6.07) is 1.45. The van der Waals surface area contributed by atoms with Crippen molar-refractivity contribution in [1.82, 2.24) is 4.98 Å². The molecule has 2 rings (SSSR count). The van der Waals surface area contributed by atoms with Gasteiger partial charge in [-0.15, -0.1) is 0 Å². The first kappa shape index (κ1) is 11.4. The Hall–Kier alpha value is -2.11. The molecule has 0 radical (unpaired) electrons. The molecule has 90 valence electrons. The highest BCUT2D eigenvalue weighted by Gasteiger charge is 2.24. The summed E-state index contributed by atoms with van der Waals surface area (Å²) in [6.45, 7) is 0. The molecule has 1 fully saturated rings. The van der Waals surface area contributed by atoms with E-state index in [1.165, 1.54) is 12.3 Å². The van der Waals surface area contributed by atoms with E-state index in [0.29, 0.717) is 0 Å². The minimum Gasteiger partial charge on any atom is -0.478 e. The van der Waals surface area contributed by atoms with Crippen molar-refractivity contribution in [3.05, 3.63) is 23.5 Å². The van der Waals surface area contributed by atoms with Crippen LogP contribution in [0.25, 0.3) is 0 Å². The standard InChI is InChI=1S/C11H12N2O4/c14-10(15)7-4-5-12-9(11(16)17)8(7)13-6-2-1-3-6/h4-6,13H,1-3H2,(H,14,15)(H,16,17). The Kier molecular flexibility index (Phi) is 2.95. The average molecular weight is 236 g/mol. The first-order chi connectivity index (χ1) is 8.09. The quantitative estimate of drug-likeness (QED) is 0.731. The van der Waals surface area contributed by atoms with E-state index in [-0.39, 0.29) is 23.0 Å². The van der Waals surface area contributed by atoms with E-state index in [0.717, 1.165) is 19.3 Å². The molecule has 1 aliphatic rings. The number of carbonyl (C=O) groups is 2. The second-order valence-corrected chi connectivity index (χ2v) is 3.96. The van der Waals surface area contributed by atoms with E-state index >= 15 is 0 Å².